The number of anilines is 6. The van der Waals surface area contributed by atoms with E-state index in [2.05, 4.69) is 228 Å². The molecule has 0 amide bonds. The second kappa shape index (κ2) is 13.9. The molecule has 0 bridgehead atoms. The summed E-state index contributed by atoms with van der Waals surface area (Å²) >= 11 is 0. The molecular weight excluding hydrogens is 669 g/mol. The van der Waals surface area contributed by atoms with Gasteiger partial charge in [0.15, 0.2) is 0 Å². The van der Waals surface area contributed by atoms with E-state index in [9.17, 15) is 0 Å². The van der Waals surface area contributed by atoms with Gasteiger partial charge in [0.1, 0.15) is 11.2 Å². The van der Waals surface area contributed by atoms with Gasteiger partial charge in [-0.1, -0.05) is 152 Å². The number of nitrogens with zero attached hydrogens (tertiary/aromatic N) is 2. The van der Waals surface area contributed by atoms with Crippen LogP contribution in [0, 0.1) is 0 Å². The van der Waals surface area contributed by atoms with Crippen LogP contribution in [0.15, 0.2) is 223 Å². The van der Waals surface area contributed by atoms with Gasteiger partial charge < -0.3 is 14.2 Å². The van der Waals surface area contributed by atoms with Crippen LogP contribution in [0.2, 0.25) is 0 Å². The molecule has 0 saturated carbocycles. The summed E-state index contributed by atoms with van der Waals surface area (Å²) in [4.78, 5) is 4.69. The van der Waals surface area contributed by atoms with Gasteiger partial charge >= 0.3 is 0 Å². The lowest BCUT2D eigenvalue weighted by molar-refractivity contribution is 0.673. The molecule has 0 aliphatic carbocycles. The van der Waals surface area contributed by atoms with Gasteiger partial charge in [-0.3, -0.25) is 0 Å². The molecule has 0 unspecified atom stereocenters. The number of rotatable bonds is 8. The number of hydrogen-bond donors (Lipinski definition) is 0. The van der Waals surface area contributed by atoms with E-state index in [1.165, 1.54) is 22.3 Å². The zero-order valence-corrected chi connectivity index (χ0v) is 30.1. The summed E-state index contributed by atoms with van der Waals surface area (Å²) in [5.41, 5.74) is 12.7. The molecule has 0 atom stereocenters. The van der Waals surface area contributed by atoms with Crippen molar-refractivity contribution in [2.24, 2.45) is 0 Å². The van der Waals surface area contributed by atoms with Gasteiger partial charge in [-0.25, -0.2) is 0 Å². The van der Waals surface area contributed by atoms with Gasteiger partial charge in [-0.05, 0) is 88.3 Å². The third kappa shape index (κ3) is 5.98. The van der Waals surface area contributed by atoms with Crippen LogP contribution in [0.1, 0.15) is 0 Å². The Kier molecular flexibility index (Phi) is 8.16. The molecule has 10 aromatic rings. The normalized spacial score (nSPS) is 11.3. The summed E-state index contributed by atoms with van der Waals surface area (Å²) < 4.78 is 6.99. The number of para-hydroxylation sites is 2. The van der Waals surface area contributed by atoms with Gasteiger partial charge in [0.2, 0.25) is 0 Å². The van der Waals surface area contributed by atoms with E-state index in [1.807, 2.05) is 0 Å². The highest BCUT2D eigenvalue weighted by atomic mass is 16.3. The minimum atomic E-state index is 0.822. The standard InChI is InChI=1S/C52H36N2O/c1-5-15-37(16-6-1)39-25-30-44(31-26-39)53(42-20-9-3-10-21-42)46-35-49(51-48-34-29-41-19-13-14-24-47(41)52(48)55-50(51)36-46)54(43-22-11-4-12-23-43)45-32-27-40(28-33-45)38-17-7-2-8-18-38/h1-36H. The molecule has 1 aromatic heterocycles. The first-order valence-corrected chi connectivity index (χ1v) is 18.7. The third-order valence-electron chi connectivity index (χ3n) is 10.4. The molecule has 0 fully saturated rings. The van der Waals surface area contributed by atoms with Crippen LogP contribution in [0.4, 0.5) is 34.1 Å². The maximum atomic E-state index is 6.99. The first kappa shape index (κ1) is 32.3. The summed E-state index contributed by atoms with van der Waals surface area (Å²) in [6.07, 6.45) is 0. The highest BCUT2D eigenvalue weighted by Gasteiger charge is 2.24. The quantitative estimate of drug-likeness (QED) is 0.157. The number of hydrogen-bond acceptors (Lipinski definition) is 3. The van der Waals surface area contributed by atoms with Crippen LogP contribution in [-0.4, -0.2) is 0 Å². The summed E-state index contributed by atoms with van der Waals surface area (Å²) in [7, 11) is 0. The lowest BCUT2D eigenvalue weighted by Crippen LogP contribution is -2.13. The Morgan fingerprint density at radius 2 is 0.764 bits per heavy atom. The molecule has 1 heterocycles. The zero-order valence-electron chi connectivity index (χ0n) is 30.1. The van der Waals surface area contributed by atoms with Crippen LogP contribution in [0.3, 0.4) is 0 Å². The fraction of sp³-hybridized carbons (Fsp3) is 0. The summed E-state index contributed by atoms with van der Waals surface area (Å²) in [5.74, 6) is 0. The lowest BCUT2D eigenvalue weighted by atomic mass is 10.0. The molecule has 260 valence electrons. The molecular formula is C52H36N2O. The van der Waals surface area contributed by atoms with E-state index >= 15 is 0 Å². The first-order valence-electron chi connectivity index (χ1n) is 18.7. The molecule has 0 saturated heterocycles. The second-order valence-electron chi connectivity index (χ2n) is 13.8. The number of fused-ring (bicyclic) bond motifs is 5. The average molecular weight is 705 g/mol. The van der Waals surface area contributed by atoms with Crippen LogP contribution in [0.5, 0.6) is 0 Å². The second-order valence-corrected chi connectivity index (χ2v) is 13.8. The van der Waals surface area contributed by atoms with E-state index in [4.69, 9.17) is 4.42 Å². The molecule has 0 aliphatic rings. The smallest absolute Gasteiger partial charge is 0.143 e. The van der Waals surface area contributed by atoms with E-state index in [0.717, 1.165) is 66.8 Å². The van der Waals surface area contributed by atoms with Gasteiger partial charge in [0.25, 0.3) is 0 Å². The molecule has 0 N–H and O–H groups in total. The highest BCUT2D eigenvalue weighted by Crippen LogP contribution is 2.48. The maximum absolute atomic E-state index is 6.99. The first-order chi connectivity index (χ1) is 27.3. The van der Waals surface area contributed by atoms with E-state index in [-0.39, 0.29) is 0 Å². The van der Waals surface area contributed by atoms with Crippen LogP contribution < -0.4 is 9.80 Å². The third-order valence-corrected chi connectivity index (χ3v) is 10.4. The average Bonchev–Trinajstić information content (AvgIpc) is 3.65. The molecule has 3 heteroatoms. The van der Waals surface area contributed by atoms with E-state index in [0.29, 0.717) is 0 Å². The summed E-state index contributed by atoms with van der Waals surface area (Å²) in [5, 5.41) is 4.39. The zero-order chi connectivity index (χ0) is 36.6. The Morgan fingerprint density at radius 1 is 0.309 bits per heavy atom. The van der Waals surface area contributed by atoms with Crippen LogP contribution >= 0.6 is 0 Å². The predicted octanol–water partition coefficient (Wildman–Crippen LogP) is 15.0. The fourth-order valence-corrected chi connectivity index (χ4v) is 7.80. The van der Waals surface area contributed by atoms with Crippen molar-refractivity contribution in [3.8, 4) is 22.3 Å². The van der Waals surface area contributed by atoms with E-state index in [1.54, 1.807) is 0 Å². The highest BCUT2D eigenvalue weighted by molar-refractivity contribution is 6.20. The van der Waals surface area contributed by atoms with Crippen LogP contribution in [-0.2, 0) is 0 Å². The molecule has 3 nitrogen and oxygen atoms in total. The van der Waals surface area contributed by atoms with E-state index < -0.39 is 0 Å². The predicted molar refractivity (Wildman–Crippen MR) is 231 cm³/mol. The Hall–Kier alpha value is -7.36. The molecule has 0 radical (unpaired) electrons. The molecule has 9 aromatic carbocycles. The van der Waals surface area contributed by atoms with Crippen molar-refractivity contribution in [1.82, 2.24) is 0 Å². The number of furan rings is 1. The number of benzene rings is 9. The Morgan fingerprint density at radius 3 is 1.35 bits per heavy atom. The van der Waals surface area contributed by atoms with Gasteiger partial charge in [0, 0.05) is 39.6 Å². The SMILES string of the molecule is c1ccc(-c2ccc(N(c3ccccc3)c3cc(N(c4ccccc4)c4ccc(-c5ccccc5)cc4)c4c(c3)oc3c5ccccc5ccc34)cc2)cc1. The minimum absolute atomic E-state index is 0.822. The molecule has 0 aliphatic heterocycles. The topological polar surface area (TPSA) is 19.6 Å². The van der Waals surface area contributed by atoms with Crippen molar-refractivity contribution >= 4 is 66.8 Å². The summed E-state index contributed by atoms with van der Waals surface area (Å²) in [6.45, 7) is 0. The van der Waals surface area contributed by atoms with Crippen molar-refractivity contribution in [3.05, 3.63) is 218 Å². The van der Waals surface area contributed by atoms with Crippen molar-refractivity contribution < 1.29 is 4.42 Å². The lowest BCUT2D eigenvalue weighted by Gasteiger charge is -2.30. The summed E-state index contributed by atoms with van der Waals surface area (Å²) in [6, 6.07) is 77.4. The van der Waals surface area contributed by atoms with Gasteiger partial charge in [-0.2, -0.15) is 0 Å². The molecule has 0 spiro atoms. The fourth-order valence-electron chi connectivity index (χ4n) is 7.80. The maximum Gasteiger partial charge on any atom is 0.143 e. The largest absolute Gasteiger partial charge is 0.455 e. The van der Waals surface area contributed by atoms with Crippen molar-refractivity contribution in [2.45, 2.75) is 0 Å². The van der Waals surface area contributed by atoms with Gasteiger partial charge in [0.05, 0.1) is 16.8 Å². The van der Waals surface area contributed by atoms with Crippen LogP contribution in [0.25, 0.3) is 55.0 Å². The molecule has 55 heavy (non-hydrogen) atoms. The van der Waals surface area contributed by atoms with Crippen molar-refractivity contribution in [3.63, 3.8) is 0 Å². The Balaban J connectivity index is 1.23. The van der Waals surface area contributed by atoms with Crippen molar-refractivity contribution in [1.29, 1.82) is 0 Å². The molecule has 10 rings (SSSR count). The monoisotopic (exact) mass is 704 g/mol. The Bertz CT molecular complexity index is 2890. The van der Waals surface area contributed by atoms with Gasteiger partial charge in [-0.15, -0.1) is 0 Å². The Labute approximate surface area is 320 Å². The van der Waals surface area contributed by atoms with Crippen molar-refractivity contribution in [2.75, 3.05) is 9.80 Å². The minimum Gasteiger partial charge on any atom is -0.455 e.